The molecule has 0 aliphatic heterocycles. The van der Waals surface area contributed by atoms with Crippen LogP contribution in [0.3, 0.4) is 0 Å². The molecule has 0 atom stereocenters. The standard InChI is InChI=1S/C18H14N4O/c19-13-2-4-14(5-3-13)23-18-7-8-21-16-9-12(1-6-15(16)18)17-10-20-11-22-17/h1-11H,19H2,(H,20,22). The van der Waals surface area contributed by atoms with Crippen LogP contribution in [0, 0.1) is 0 Å². The summed E-state index contributed by atoms with van der Waals surface area (Å²) in [6.07, 6.45) is 5.19. The van der Waals surface area contributed by atoms with E-state index in [4.69, 9.17) is 10.5 Å². The summed E-state index contributed by atoms with van der Waals surface area (Å²) in [5.41, 5.74) is 9.27. The lowest BCUT2D eigenvalue weighted by Crippen LogP contribution is -1.89. The first-order valence-electron chi connectivity index (χ1n) is 7.20. The molecule has 23 heavy (non-hydrogen) atoms. The van der Waals surface area contributed by atoms with Crippen LogP contribution in [0.15, 0.2) is 67.3 Å². The maximum absolute atomic E-state index is 5.96. The molecule has 2 aromatic carbocycles. The molecule has 0 radical (unpaired) electrons. The van der Waals surface area contributed by atoms with Crippen LogP contribution in [0.2, 0.25) is 0 Å². The highest BCUT2D eigenvalue weighted by Crippen LogP contribution is 2.31. The van der Waals surface area contributed by atoms with Crippen molar-refractivity contribution in [1.82, 2.24) is 15.0 Å². The summed E-state index contributed by atoms with van der Waals surface area (Å²) in [5, 5.41) is 0.951. The third-order valence-corrected chi connectivity index (χ3v) is 3.62. The zero-order chi connectivity index (χ0) is 15.6. The number of H-pyrrole nitrogens is 1. The summed E-state index contributed by atoms with van der Waals surface area (Å²) in [7, 11) is 0. The lowest BCUT2D eigenvalue weighted by atomic mass is 10.1. The minimum atomic E-state index is 0.709. The molecule has 0 saturated heterocycles. The van der Waals surface area contributed by atoms with E-state index in [1.54, 1.807) is 18.7 Å². The molecule has 0 aliphatic carbocycles. The van der Waals surface area contributed by atoms with Gasteiger partial charge in [-0.15, -0.1) is 0 Å². The summed E-state index contributed by atoms with van der Waals surface area (Å²) in [5.74, 6) is 1.50. The summed E-state index contributed by atoms with van der Waals surface area (Å²) >= 11 is 0. The number of nitrogens with one attached hydrogen (secondary N) is 1. The Morgan fingerprint density at radius 1 is 1.00 bits per heavy atom. The normalized spacial score (nSPS) is 10.8. The van der Waals surface area contributed by atoms with Gasteiger partial charge in [-0.1, -0.05) is 6.07 Å². The molecule has 112 valence electrons. The van der Waals surface area contributed by atoms with Crippen molar-refractivity contribution in [3.05, 3.63) is 67.3 Å². The van der Waals surface area contributed by atoms with E-state index in [9.17, 15) is 0 Å². The Hall–Kier alpha value is -3.34. The molecule has 5 heteroatoms. The first-order valence-corrected chi connectivity index (χ1v) is 7.20. The number of pyridine rings is 1. The molecule has 2 aromatic heterocycles. The summed E-state index contributed by atoms with van der Waals surface area (Å²) in [4.78, 5) is 11.6. The van der Waals surface area contributed by atoms with Crippen molar-refractivity contribution in [1.29, 1.82) is 0 Å². The molecular weight excluding hydrogens is 288 g/mol. The maximum atomic E-state index is 5.96. The van der Waals surface area contributed by atoms with Gasteiger partial charge in [0.15, 0.2) is 0 Å². The second kappa shape index (κ2) is 5.46. The Morgan fingerprint density at radius 3 is 2.65 bits per heavy atom. The fourth-order valence-electron chi connectivity index (χ4n) is 2.45. The highest BCUT2D eigenvalue weighted by molar-refractivity contribution is 5.88. The highest BCUT2D eigenvalue weighted by atomic mass is 16.5. The number of nitrogens with zero attached hydrogens (tertiary/aromatic N) is 2. The van der Waals surface area contributed by atoms with Crippen molar-refractivity contribution in [2.24, 2.45) is 0 Å². The van der Waals surface area contributed by atoms with Gasteiger partial charge in [-0.3, -0.25) is 4.98 Å². The number of fused-ring (bicyclic) bond motifs is 1. The second-order valence-electron chi connectivity index (χ2n) is 5.18. The van der Waals surface area contributed by atoms with Gasteiger partial charge in [-0.2, -0.15) is 0 Å². The number of nitrogen functional groups attached to an aromatic ring is 1. The van der Waals surface area contributed by atoms with Crippen LogP contribution in [-0.2, 0) is 0 Å². The van der Waals surface area contributed by atoms with Crippen molar-refractivity contribution in [2.45, 2.75) is 0 Å². The zero-order valence-electron chi connectivity index (χ0n) is 12.2. The summed E-state index contributed by atoms with van der Waals surface area (Å²) in [6.45, 7) is 0. The average molecular weight is 302 g/mol. The van der Waals surface area contributed by atoms with Gasteiger partial charge in [-0.05, 0) is 42.5 Å². The van der Waals surface area contributed by atoms with Crippen LogP contribution in [0.5, 0.6) is 11.5 Å². The van der Waals surface area contributed by atoms with Crippen LogP contribution >= 0.6 is 0 Å². The fraction of sp³-hybridized carbons (Fsp3) is 0. The van der Waals surface area contributed by atoms with Gasteiger partial charge in [0.05, 0.1) is 23.7 Å². The number of aromatic nitrogens is 3. The van der Waals surface area contributed by atoms with Crippen LogP contribution < -0.4 is 10.5 Å². The lowest BCUT2D eigenvalue weighted by molar-refractivity contribution is 0.488. The van der Waals surface area contributed by atoms with Gasteiger partial charge in [0.1, 0.15) is 11.5 Å². The number of aromatic amines is 1. The molecular formula is C18H14N4O. The van der Waals surface area contributed by atoms with E-state index in [1.807, 2.05) is 48.5 Å². The van der Waals surface area contributed by atoms with E-state index >= 15 is 0 Å². The fourth-order valence-corrected chi connectivity index (χ4v) is 2.45. The van der Waals surface area contributed by atoms with E-state index in [0.717, 1.165) is 33.7 Å². The number of imidazole rings is 1. The van der Waals surface area contributed by atoms with Crippen LogP contribution in [0.4, 0.5) is 5.69 Å². The van der Waals surface area contributed by atoms with E-state index in [2.05, 4.69) is 15.0 Å². The molecule has 4 aromatic rings. The number of ether oxygens (including phenoxy) is 1. The van der Waals surface area contributed by atoms with Gasteiger partial charge in [0.2, 0.25) is 0 Å². The highest BCUT2D eigenvalue weighted by Gasteiger charge is 2.07. The molecule has 0 amide bonds. The minimum Gasteiger partial charge on any atom is -0.457 e. The predicted molar refractivity (Wildman–Crippen MR) is 90.3 cm³/mol. The number of hydrogen-bond donors (Lipinski definition) is 2. The summed E-state index contributed by atoms with van der Waals surface area (Å²) < 4.78 is 5.96. The van der Waals surface area contributed by atoms with E-state index < -0.39 is 0 Å². The molecule has 0 fully saturated rings. The Balaban J connectivity index is 1.74. The molecule has 0 bridgehead atoms. The van der Waals surface area contributed by atoms with Gasteiger partial charge in [-0.25, -0.2) is 4.98 Å². The monoisotopic (exact) mass is 302 g/mol. The summed E-state index contributed by atoms with van der Waals surface area (Å²) in [6, 6.07) is 15.2. The number of rotatable bonds is 3. The topological polar surface area (TPSA) is 76.8 Å². The first kappa shape index (κ1) is 13.3. The predicted octanol–water partition coefficient (Wildman–Crippen LogP) is 4.00. The van der Waals surface area contributed by atoms with Crippen molar-refractivity contribution in [3.63, 3.8) is 0 Å². The molecule has 5 nitrogen and oxygen atoms in total. The molecule has 4 rings (SSSR count). The number of benzene rings is 2. The van der Waals surface area contributed by atoms with Crippen molar-refractivity contribution >= 4 is 16.6 Å². The van der Waals surface area contributed by atoms with Gasteiger partial charge in [0.25, 0.3) is 0 Å². The zero-order valence-corrected chi connectivity index (χ0v) is 12.2. The van der Waals surface area contributed by atoms with E-state index in [1.165, 1.54) is 0 Å². The minimum absolute atomic E-state index is 0.709. The Labute approximate surface area is 132 Å². The van der Waals surface area contributed by atoms with Crippen molar-refractivity contribution in [3.8, 4) is 22.8 Å². The third kappa shape index (κ3) is 2.60. The van der Waals surface area contributed by atoms with Gasteiger partial charge < -0.3 is 15.5 Å². The van der Waals surface area contributed by atoms with Crippen LogP contribution in [0.1, 0.15) is 0 Å². The third-order valence-electron chi connectivity index (χ3n) is 3.62. The average Bonchev–Trinajstić information content (AvgIpc) is 3.11. The van der Waals surface area contributed by atoms with Crippen molar-refractivity contribution in [2.75, 3.05) is 5.73 Å². The first-order chi connectivity index (χ1) is 11.3. The SMILES string of the molecule is Nc1ccc(Oc2ccnc3cc(-c4cnc[nH]4)ccc23)cc1. The smallest absolute Gasteiger partial charge is 0.138 e. The maximum Gasteiger partial charge on any atom is 0.138 e. The van der Waals surface area contributed by atoms with Crippen LogP contribution in [0.25, 0.3) is 22.2 Å². The second-order valence-corrected chi connectivity index (χ2v) is 5.18. The Morgan fingerprint density at radius 2 is 1.87 bits per heavy atom. The molecule has 0 unspecified atom stereocenters. The van der Waals surface area contributed by atoms with Crippen molar-refractivity contribution < 1.29 is 4.74 Å². The molecule has 0 saturated carbocycles. The molecule has 0 aliphatic rings. The number of hydrogen-bond acceptors (Lipinski definition) is 4. The van der Waals surface area contributed by atoms with Gasteiger partial charge >= 0.3 is 0 Å². The largest absolute Gasteiger partial charge is 0.457 e. The Bertz CT molecular complexity index is 947. The van der Waals surface area contributed by atoms with E-state index in [0.29, 0.717) is 5.69 Å². The quantitative estimate of drug-likeness (QED) is 0.561. The van der Waals surface area contributed by atoms with Gasteiger partial charge in [0, 0.05) is 22.8 Å². The molecule has 3 N–H and O–H groups in total. The van der Waals surface area contributed by atoms with Crippen LogP contribution in [-0.4, -0.2) is 15.0 Å². The number of nitrogens with two attached hydrogens (primary N) is 1. The number of anilines is 1. The molecule has 0 spiro atoms. The molecule has 2 heterocycles. The van der Waals surface area contributed by atoms with E-state index in [-0.39, 0.29) is 0 Å². The Kier molecular flexibility index (Phi) is 3.16. The lowest BCUT2D eigenvalue weighted by Gasteiger charge is -2.09.